The first-order valence-electron chi connectivity index (χ1n) is 14.7. The van der Waals surface area contributed by atoms with Crippen LogP contribution in [0.25, 0.3) is 0 Å². The molecule has 246 valence electrons. The Morgan fingerprint density at radius 1 is 1.07 bits per heavy atom. The second-order valence-corrected chi connectivity index (χ2v) is 12.2. The third-order valence-electron chi connectivity index (χ3n) is 7.67. The summed E-state index contributed by atoms with van der Waals surface area (Å²) in [6.07, 6.45) is -0.165. The molecule has 1 saturated heterocycles. The van der Waals surface area contributed by atoms with Gasteiger partial charge >= 0.3 is 5.97 Å². The molecule has 10 nitrogen and oxygen atoms in total. The predicted molar refractivity (Wildman–Crippen MR) is 159 cm³/mol. The van der Waals surface area contributed by atoms with Crippen molar-refractivity contribution in [2.24, 2.45) is 5.92 Å². The number of halogens is 3. The number of rotatable bonds is 11. The van der Waals surface area contributed by atoms with Crippen LogP contribution in [0.5, 0.6) is 5.75 Å². The summed E-state index contributed by atoms with van der Waals surface area (Å²) in [6, 6.07) is 6.01. The third kappa shape index (κ3) is 9.43. The fraction of sp³-hybridized carbons (Fsp3) is 0.500. The van der Waals surface area contributed by atoms with Crippen molar-refractivity contribution in [1.82, 2.24) is 10.2 Å². The van der Waals surface area contributed by atoms with Crippen molar-refractivity contribution in [3.05, 3.63) is 58.9 Å². The van der Waals surface area contributed by atoms with Crippen LogP contribution in [0.4, 0.5) is 18.9 Å². The Balaban J connectivity index is 1.72. The number of nitrogens with zero attached hydrogens (tertiary/aromatic N) is 1. The number of hydrogen-bond acceptors (Lipinski definition) is 7. The lowest BCUT2D eigenvalue weighted by Gasteiger charge is -2.32. The first kappa shape index (κ1) is 35.4. The number of amides is 2. The van der Waals surface area contributed by atoms with Gasteiger partial charge in [0.2, 0.25) is 18.0 Å². The maximum absolute atomic E-state index is 14.2. The maximum Gasteiger partial charge on any atom is 0.305 e. The smallest absolute Gasteiger partial charge is 0.305 e. The van der Waals surface area contributed by atoms with E-state index >= 15 is 0 Å². The van der Waals surface area contributed by atoms with Gasteiger partial charge in [-0.2, -0.15) is 4.39 Å². The molecule has 1 heterocycles. The molecule has 1 unspecified atom stereocenters. The highest BCUT2D eigenvalue weighted by Crippen LogP contribution is 2.30. The molecule has 2 amide bonds. The molecule has 1 aliphatic rings. The second kappa shape index (κ2) is 15.2. The normalized spacial score (nSPS) is 17.0. The standard InChI is InChI=1S/C32H40F3N3O7/c1-18-21(33)14-22(34)27(35)28(18)45-17-25(39)24(15-26(40)41)37-29(42)19-10-6-5-9-13-38(16-19)31(44)30(43)36-23-12-8-7-11-20(23)32(2,3)4/h7-8,11-12,14,19,24,30,36,43H,5-6,9-10,13,15-17H2,1-4H3,(H,37,42)(H,40,41)/t19-,24-,30?/m0/s1. The summed E-state index contributed by atoms with van der Waals surface area (Å²) in [5, 5.41) is 25.5. The zero-order chi connectivity index (χ0) is 33.5. The summed E-state index contributed by atoms with van der Waals surface area (Å²) < 4.78 is 46.8. The minimum atomic E-state index is -1.60. The van der Waals surface area contributed by atoms with E-state index in [2.05, 4.69) is 10.6 Å². The molecule has 0 radical (unpaired) electrons. The number of likely N-dealkylation sites (tertiary alicyclic amines) is 1. The van der Waals surface area contributed by atoms with Crippen LogP contribution < -0.4 is 15.4 Å². The van der Waals surface area contributed by atoms with Crippen LogP contribution in [-0.4, -0.2) is 70.6 Å². The van der Waals surface area contributed by atoms with Crippen molar-refractivity contribution >= 4 is 29.3 Å². The molecular formula is C32H40F3N3O7. The lowest BCUT2D eigenvalue weighted by molar-refractivity contribution is -0.142. The monoisotopic (exact) mass is 635 g/mol. The fourth-order valence-corrected chi connectivity index (χ4v) is 5.17. The SMILES string of the molecule is Cc1c(F)cc(F)c(F)c1OCC(=O)[C@H](CC(=O)O)NC(=O)[C@H]1CCCCCN(C(=O)C(O)Nc2ccccc2C(C)(C)C)C1. The van der Waals surface area contributed by atoms with Gasteiger partial charge in [-0.1, -0.05) is 51.8 Å². The van der Waals surface area contributed by atoms with E-state index in [0.29, 0.717) is 37.4 Å². The summed E-state index contributed by atoms with van der Waals surface area (Å²) in [7, 11) is 0. The van der Waals surface area contributed by atoms with Gasteiger partial charge < -0.3 is 30.5 Å². The van der Waals surface area contributed by atoms with Crippen molar-refractivity contribution in [2.75, 3.05) is 25.0 Å². The summed E-state index contributed by atoms with van der Waals surface area (Å²) in [5.41, 5.74) is 0.810. The number of benzene rings is 2. The summed E-state index contributed by atoms with van der Waals surface area (Å²) in [6.45, 7) is 6.31. The van der Waals surface area contributed by atoms with Gasteiger partial charge in [-0.15, -0.1) is 0 Å². The molecule has 3 rings (SSSR count). The van der Waals surface area contributed by atoms with E-state index in [1.165, 1.54) is 4.90 Å². The predicted octanol–water partition coefficient (Wildman–Crippen LogP) is 4.07. The Labute approximate surface area is 259 Å². The molecule has 4 N–H and O–H groups in total. The van der Waals surface area contributed by atoms with Gasteiger partial charge in [0.15, 0.2) is 17.3 Å². The van der Waals surface area contributed by atoms with Gasteiger partial charge in [-0.25, -0.2) is 8.78 Å². The first-order chi connectivity index (χ1) is 21.1. The fourth-order valence-electron chi connectivity index (χ4n) is 5.17. The Morgan fingerprint density at radius 2 is 1.76 bits per heavy atom. The highest BCUT2D eigenvalue weighted by molar-refractivity contribution is 5.93. The Bertz CT molecular complexity index is 1390. The molecule has 45 heavy (non-hydrogen) atoms. The molecule has 1 aliphatic heterocycles. The summed E-state index contributed by atoms with van der Waals surface area (Å²) >= 11 is 0. The van der Waals surface area contributed by atoms with E-state index in [1.54, 1.807) is 12.1 Å². The zero-order valence-electron chi connectivity index (χ0n) is 25.8. The topological polar surface area (TPSA) is 145 Å². The molecule has 3 atom stereocenters. The minimum absolute atomic E-state index is 0.0955. The summed E-state index contributed by atoms with van der Waals surface area (Å²) in [5.74, 6) is -9.57. The van der Waals surface area contributed by atoms with Gasteiger partial charge in [-0.3, -0.25) is 19.2 Å². The van der Waals surface area contributed by atoms with E-state index in [9.17, 15) is 42.6 Å². The number of para-hydroxylation sites is 1. The average Bonchev–Trinajstić information content (AvgIpc) is 2.94. The number of hydrogen-bond donors (Lipinski definition) is 4. The van der Waals surface area contributed by atoms with Gasteiger partial charge in [0.25, 0.3) is 5.91 Å². The molecule has 0 bridgehead atoms. The number of ketones is 1. The van der Waals surface area contributed by atoms with Crippen LogP contribution in [0.15, 0.2) is 30.3 Å². The molecule has 2 aromatic rings. The van der Waals surface area contributed by atoms with Gasteiger partial charge in [0.05, 0.1) is 12.3 Å². The number of nitrogens with one attached hydrogen (secondary N) is 2. The molecule has 0 spiro atoms. The van der Waals surface area contributed by atoms with Crippen molar-refractivity contribution in [3.63, 3.8) is 0 Å². The third-order valence-corrected chi connectivity index (χ3v) is 7.67. The lowest BCUT2D eigenvalue weighted by Crippen LogP contribution is -2.51. The number of ether oxygens (including phenoxy) is 1. The Hall–Kier alpha value is -4.13. The van der Waals surface area contributed by atoms with Gasteiger partial charge in [0, 0.05) is 30.4 Å². The van der Waals surface area contributed by atoms with Crippen molar-refractivity contribution in [2.45, 2.75) is 77.5 Å². The van der Waals surface area contributed by atoms with Gasteiger partial charge in [0.1, 0.15) is 18.5 Å². The van der Waals surface area contributed by atoms with Crippen LogP contribution in [0.3, 0.4) is 0 Å². The first-order valence-corrected chi connectivity index (χ1v) is 14.7. The Morgan fingerprint density at radius 3 is 2.42 bits per heavy atom. The van der Waals surface area contributed by atoms with Crippen LogP contribution >= 0.6 is 0 Å². The maximum atomic E-state index is 14.2. The van der Waals surface area contributed by atoms with Crippen LogP contribution in [0.2, 0.25) is 0 Å². The molecule has 1 fully saturated rings. The van der Waals surface area contributed by atoms with Crippen LogP contribution in [-0.2, 0) is 24.6 Å². The van der Waals surface area contributed by atoms with Crippen molar-refractivity contribution in [3.8, 4) is 5.75 Å². The number of carbonyl (C=O) groups excluding carboxylic acids is 3. The van der Waals surface area contributed by atoms with E-state index in [4.69, 9.17) is 4.74 Å². The van der Waals surface area contributed by atoms with E-state index in [1.807, 2.05) is 32.9 Å². The largest absolute Gasteiger partial charge is 0.482 e. The number of carboxylic acid groups (broad SMARTS) is 1. The molecule has 0 aromatic heterocycles. The summed E-state index contributed by atoms with van der Waals surface area (Å²) in [4.78, 5) is 52.5. The van der Waals surface area contributed by atoms with Crippen LogP contribution in [0.1, 0.15) is 64.0 Å². The quantitative estimate of drug-likeness (QED) is 0.214. The molecule has 0 saturated carbocycles. The van der Waals surface area contributed by atoms with Gasteiger partial charge in [-0.05, 0) is 36.8 Å². The molecule has 0 aliphatic carbocycles. The number of aliphatic carboxylic acids is 1. The number of carbonyl (C=O) groups is 4. The van der Waals surface area contributed by atoms with E-state index < -0.39 is 83.5 Å². The number of anilines is 1. The Kier molecular flexibility index (Phi) is 12.0. The molecule has 13 heteroatoms. The zero-order valence-corrected chi connectivity index (χ0v) is 25.8. The highest BCUT2D eigenvalue weighted by Gasteiger charge is 2.33. The average molecular weight is 636 g/mol. The van der Waals surface area contributed by atoms with Crippen molar-refractivity contribution < 1.29 is 47.3 Å². The number of aliphatic hydroxyl groups excluding tert-OH is 1. The molecule has 2 aromatic carbocycles. The number of carboxylic acids is 1. The number of aliphatic hydroxyl groups is 1. The minimum Gasteiger partial charge on any atom is -0.482 e. The molecular weight excluding hydrogens is 595 g/mol. The van der Waals surface area contributed by atoms with Crippen LogP contribution in [0, 0.1) is 30.3 Å². The van der Waals surface area contributed by atoms with E-state index in [0.717, 1.165) is 12.5 Å². The lowest BCUT2D eigenvalue weighted by atomic mass is 9.86. The van der Waals surface area contributed by atoms with Crippen molar-refractivity contribution in [1.29, 1.82) is 0 Å². The number of Topliss-reactive ketones (excluding diaryl/α,β-unsaturated/α-hetero) is 1. The second-order valence-electron chi connectivity index (χ2n) is 12.2. The highest BCUT2D eigenvalue weighted by atomic mass is 19.2. The van der Waals surface area contributed by atoms with E-state index in [-0.39, 0.29) is 18.5 Å².